The average molecular weight is 288 g/mol. The Morgan fingerprint density at radius 1 is 1.00 bits per heavy atom. The third-order valence-electron chi connectivity index (χ3n) is 3.68. The summed E-state index contributed by atoms with van der Waals surface area (Å²) in [5.74, 6) is -0.804. The highest BCUT2D eigenvalue weighted by molar-refractivity contribution is 6.21. The van der Waals surface area contributed by atoms with Crippen LogP contribution >= 0.6 is 0 Å². The normalized spacial score (nSPS) is 14.1. The van der Waals surface area contributed by atoms with Gasteiger partial charge in [0.25, 0.3) is 17.7 Å². The number of imide groups is 1. The summed E-state index contributed by atoms with van der Waals surface area (Å²) < 4.78 is 0. The van der Waals surface area contributed by atoms with Crippen LogP contribution < -0.4 is 0 Å². The lowest BCUT2D eigenvalue weighted by molar-refractivity contribution is 0.0642. The van der Waals surface area contributed by atoms with Crippen LogP contribution in [-0.2, 0) is 0 Å². The maximum absolute atomic E-state index is 12.6. The predicted molar refractivity (Wildman–Crippen MR) is 79.3 cm³/mol. The first-order valence-corrected chi connectivity index (χ1v) is 7.04. The molecule has 0 saturated carbocycles. The molecule has 0 N–H and O–H groups in total. The van der Waals surface area contributed by atoms with Crippen molar-refractivity contribution in [3.8, 4) is 0 Å². The minimum absolute atomic E-state index is 0.0609. The summed E-state index contributed by atoms with van der Waals surface area (Å²) in [7, 11) is 1.45. The lowest BCUT2D eigenvalue weighted by Crippen LogP contribution is -2.42. The summed E-state index contributed by atoms with van der Waals surface area (Å²) in [6.45, 7) is 7.81. The molecule has 112 valence electrons. The minimum Gasteiger partial charge on any atom is -0.334 e. The minimum atomic E-state index is -0.356. The van der Waals surface area contributed by atoms with Gasteiger partial charge in [0.2, 0.25) is 0 Å². The molecule has 2 rings (SSSR count). The molecule has 1 heterocycles. The summed E-state index contributed by atoms with van der Waals surface area (Å²) in [6, 6.07) is 4.82. The molecule has 3 amide bonds. The molecule has 0 aliphatic carbocycles. The number of carbonyl (C=O) groups is 3. The maximum Gasteiger partial charge on any atom is 0.261 e. The number of hydrogen-bond donors (Lipinski definition) is 0. The molecule has 21 heavy (non-hydrogen) atoms. The molecule has 0 bridgehead atoms. The van der Waals surface area contributed by atoms with Crippen molar-refractivity contribution in [2.24, 2.45) is 0 Å². The highest BCUT2D eigenvalue weighted by atomic mass is 16.2. The van der Waals surface area contributed by atoms with E-state index >= 15 is 0 Å². The van der Waals surface area contributed by atoms with Gasteiger partial charge in [0.1, 0.15) is 0 Å². The molecular weight excluding hydrogens is 268 g/mol. The SMILES string of the molecule is CC(C)N(C(=O)c1ccc2c(c1)C(=O)N(C)C2=O)C(C)C. The molecule has 0 aromatic heterocycles. The van der Waals surface area contributed by atoms with E-state index in [0.717, 1.165) is 4.90 Å². The van der Waals surface area contributed by atoms with Crippen LogP contribution in [0.3, 0.4) is 0 Å². The van der Waals surface area contributed by atoms with E-state index in [1.807, 2.05) is 27.7 Å². The monoisotopic (exact) mass is 288 g/mol. The Morgan fingerprint density at radius 2 is 1.52 bits per heavy atom. The third-order valence-corrected chi connectivity index (χ3v) is 3.68. The lowest BCUT2D eigenvalue weighted by Gasteiger charge is -2.31. The van der Waals surface area contributed by atoms with Crippen LogP contribution in [0.1, 0.15) is 58.8 Å². The smallest absolute Gasteiger partial charge is 0.261 e. The molecule has 5 heteroatoms. The summed E-state index contributed by atoms with van der Waals surface area (Å²) in [6.07, 6.45) is 0. The second-order valence-corrected chi connectivity index (χ2v) is 5.83. The van der Waals surface area contributed by atoms with Crippen molar-refractivity contribution >= 4 is 17.7 Å². The first-order valence-electron chi connectivity index (χ1n) is 7.04. The van der Waals surface area contributed by atoms with E-state index in [-0.39, 0.29) is 29.8 Å². The van der Waals surface area contributed by atoms with Crippen molar-refractivity contribution in [3.05, 3.63) is 34.9 Å². The summed E-state index contributed by atoms with van der Waals surface area (Å²) in [4.78, 5) is 39.3. The van der Waals surface area contributed by atoms with Crippen LogP contribution in [0.5, 0.6) is 0 Å². The van der Waals surface area contributed by atoms with E-state index in [1.54, 1.807) is 17.0 Å². The van der Waals surface area contributed by atoms with Gasteiger partial charge >= 0.3 is 0 Å². The van der Waals surface area contributed by atoms with Crippen LogP contribution in [0, 0.1) is 0 Å². The van der Waals surface area contributed by atoms with E-state index in [2.05, 4.69) is 0 Å². The zero-order valence-electron chi connectivity index (χ0n) is 13.0. The number of fused-ring (bicyclic) bond motifs is 1. The largest absolute Gasteiger partial charge is 0.334 e. The number of hydrogen-bond acceptors (Lipinski definition) is 3. The highest BCUT2D eigenvalue weighted by Crippen LogP contribution is 2.24. The first-order chi connectivity index (χ1) is 9.75. The van der Waals surface area contributed by atoms with Gasteiger partial charge in [-0.3, -0.25) is 19.3 Å². The molecule has 0 unspecified atom stereocenters. The van der Waals surface area contributed by atoms with Gasteiger partial charge in [-0.1, -0.05) is 0 Å². The van der Waals surface area contributed by atoms with E-state index in [4.69, 9.17) is 0 Å². The number of carbonyl (C=O) groups excluding carboxylic acids is 3. The van der Waals surface area contributed by atoms with Crippen molar-refractivity contribution < 1.29 is 14.4 Å². The lowest BCUT2D eigenvalue weighted by atomic mass is 10.0. The second kappa shape index (κ2) is 5.31. The Morgan fingerprint density at radius 3 is 2.05 bits per heavy atom. The third kappa shape index (κ3) is 2.44. The Balaban J connectivity index is 2.42. The van der Waals surface area contributed by atoms with E-state index < -0.39 is 0 Å². The van der Waals surface area contributed by atoms with Gasteiger partial charge in [0, 0.05) is 24.7 Å². The number of nitrogens with zero attached hydrogens (tertiary/aromatic N) is 2. The fourth-order valence-corrected chi connectivity index (χ4v) is 2.71. The van der Waals surface area contributed by atoms with Crippen LogP contribution in [-0.4, -0.2) is 46.7 Å². The molecule has 0 spiro atoms. The fraction of sp³-hybridized carbons (Fsp3) is 0.438. The van der Waals surface area contributed by atoms with Gasteiger partial charge in [-0.05, 0) is 45.9 Å². The van der Waals surface area contributed by atoms with Gasteiger partial charge in [0.05, 0.1) is 11.1 Å². The van der Waals surface area contributed by atoms with Crippen molar-refractivity contribution in [1.82, 2.24) is 9.80 Å². The number of rotatable bonds is 3. The topological polar surface area (TPSA) is 57.7 Å². The zero-order chi connectivity index (χ0) is 15.9. The Hall–Kier alpha value is -2.17. The van der Waals surface area contributed by atoms with Crippen LogP contribution in [0.2, 0.25) is 0 Å². The molecule has 1 aromatic carbocycles. The second-order valence-electron chi connectivity index (χ2n) is 5.83. The van der Waals surface area contributed by atoms with Gasteiger partial charge in [-0.15, -0.1) is 0 Å². The van der Waals surface area contributed by atoms with Gasteiger partial charge in [-0.2, -0.15) is 0 Å². The molecule has 0 atom stereocenters. The number of benzene rings is 1. The average Bonchev–Trinajstić information content (AvgIpc) is 2.62. The van der Waals surface area contributed by atoms with Crippen molar-refractivity contribution in [2.45, 2.75) is 39.8 Å². The Bertz CT molecular complexity index is 612. The van der Waals surface area contributed by atoms with E-state index in [1.165, 1.54) is 13.1 Å². The molecule has 0 saturated heterocycles. The van der Waals surface area contributed by atoms with Crippen LogP contribution in [0.15, 0.2) is 18.2 Å². The van der Waals surface area contributed by atoms with E-state index in [0.29, 0.717) is 16.7 Å². The maximum atomic E-state index is 12.6. The van der Waals surface area contributed by atoms with E-state index in [9.17, 15) is 14.4 Å². The van der Waals surface area contributed by atoms with Gasteiger partial charge in [0.15, 0.2) is 0 Å². The van der Waals surface area contributed by atoms with Crippen LogP contribution in [0.25, 0.3) is 0 Å². The predicted octanol–water partition coefficient (Wildman–Crippen LogP) is 2.17. The Kier molecular flexibility index (Phi) is 3.85. The van der Waals surface area contributed by atoms with Crippen molar-refractivity contribution in [3.63, 3.8) is 0 Å². The van der Waals surface area contributed by atoms with Crippen molar-refractivity contribution in [2.75, 3.05) is 7.05 Å². The molecule has 1 aliphatic heterocycles. The first kappa shape index (κ1) is 15.2. The molecular formula is C16H20N2O3. The highest BCUT2D eigenvalue weighted by Gasteiger charge is 2.34. The zero-order valence-corrected chi connectivity index (χ0v) is 13.0. The van der Waals surface area contributed by atoms with Gasteiger partial charge < -0.3 is 4.90 Å². The Labute approximate surface area is 124 Å². The number of amides is 3. The summed E-state index contributed by atoms with van der Waals surface area (Å²) in [5.41, 5.74) is 1.10. The van der Waals surface area contributed by atoms with Crippen molar-refractivity contribution in [1.29, 1.82) is 0 Å². The molecule has 1 aliphatic rings. The molecule has 1 aromatic rings. The standard InChI is InChI=1S/C16H20N2O3/c1-9(2)18(10(3)4)14(19)11-6-7-12-13(8-11)16(21)17(5)15(12)20/h6-10H,1-5H3. The van der Waals surface area contributed by atoms with Gasteiger partial charge in [-0.25, -0.2) is 0 Å². The summed E-state index contributed by atoms with van der Waals surface area (Å²) in [5, 5.41) is 0. The summed E-state index contributed by atoms with van der Waals surface area (Å²) >= 11 is 0. The van der Waals surface area contributed by atoms with Crippen LogP contribution in [0.4, 0.5) is 0 Å². The fourth-order valence-electron chi connectivity index (χ4n) is 2.71. The molecule has 0 fully saturated rings. The quantitative estimate of drug-likeness (QED) is 0.801. The molecule has 5 nitrogen and oxygen atoms in total. The molecule has 0 radical (unpaired) electrons.